The van der Waals surface area contributed by atoms with E-state index >= 15 is 0 Å². The Morgan fingerprint density at radius 3 is 2.68 bits per heavy atom. The molecule has 0 unspecified atom stereocenters. The quantitative estimate of drug-likeness (QED) is 0.705. The Morgan fingerprint density at radius 1 is 1.12 bits per heavy atom. The minimum Gasteiger partial charge on any atom is -0.378 e. The highest BCUT2D eigenvalue weighted by Gasteiger charge is 2.19. The minimum absolute atomic E-state index is 0.605. The summed E-state index contributed by atoms with van der Waals surface area (Å²) in [7, 11) is 4.07. The SMILES string of the molecule is CN(C)Cc1ccc2nc(-n3ccnc3)nc(N3CCOCC3)c2n1. The zero-order valence-corrected chi connectivity index (χ0v) is 14.5. The normalized spacial score (nSPS) is 15.2. The van der Waals surface area contributed by atoms with Crippen LogP contribution in [-0.4, -0.2) is 69.8 Å². The third-order valence-corrected chi connectivity index (χ3v) is 4.09. The maximum atomic E-state index is 5.48. The monoisotopic (exact) mass is 339 g/mol. The molecule has 0 aromatic carbocycles. The van der Waals surface area contributed by atoms with Crippen molar-refractivity contribution in [3.63, 3.8) is 0 Å². The van der Waals surface area contributed by atoms with Gasteiger partial charge in [-0.25, -0.2) is 15.0 Å². The highest BCUT2D eigenvalue weighted by molar-refractivity contribution is 5.86. The van der Waals surface area contributed by atoms with Crippen LogP contribution < -0.4 is 4.90 Å². The Kier molecular flexibility index (Phi) is 4.29. The van der Waals surface area contributed by atoms with Crippen molar-refractivity contribution in [1.82, 2.24) is 29.4 Å². The molecule has 8 heteroatoms. The van der Waals surface area contributed by atoms with Gasteiger partial charge >= 0.3 is 0 Å². The second-order valence-corrected chi connectivity index (χ2v) is 6.32. The minimum atomic E-state index is 0.605. The van der Waals surface area contributed by atoms with E-state index in [4.69, 9.17) is 14.7 Å². The number of rotatable bonds is 4. The molecule has 25 heavy (non-hydrogen) atoms. The van der Waals surface area contributed by atoms with Crippen molar-refractivity contribution in [1.29, 1.82) is 0 Å². The van der Waals surface area contributed by atoms with E-state index in [1.165, 1.54) is 0 Å². The second-order valence-electron chi connectivity index (χ2n) is 6.32. The largest absolute Gasteiger partial charge is 0.378 e. The van der Waals surface area contributed by atoms with Gasteiger partial charge in [-0.1, -0.05) is 0 Å². The maximum Gasteiger partial charge on any atom is 0.237 e. The first-order valence-electron chi connectivity index (χ1n) is 8.34. The number of hydrogen-bond donors (Lipinski definition) is 0. The average Bonchev–Trinajstić information content (AvgIpc) is 3.16. The third-order valence-electron chi connectivity index (χ3n) is 4.09. The summed E-state index contributed by atoms with van der Waals surface area (Å²) in [5, 5.41) is 0. The Balaban J connectivity index is 1.85. The number of pyridine rings is 1. The molecule has 1 fully saturated rings. The van der Waals surface area contributed by atoms with E-state index in [2.05, 4.69) is 19.8 Å². The Labute approximate surface area is 146 Å². The smallest absolute Gasteiger partial charge is 0.237 e. The molecule has 0 aliphatic carbocycles. The lowest BCUT2D eigenvalue weighted by molar-refractivity contribution is 0.122. The van der Waals surface area contributed by atoms with Gasteiger partial charge in [0.15, 0.2) is 5.82 Å². The van der Waals surface area contributed by atoms with E-state index in [0.717, 1.165) is 42.2 Å². The number of aromatic nitrogens is 5. The molecule has 4 rings (SSSR count). The van der Waals surface area contributed by atoms with Gasteiger partial charge in [-0.3, -0.25) is 4.57 Å². The van der Waals surface area contributed by atoms with E-state index in [1.54, 1.807) is 12.5 Å². The molecule has 1 aliphatic heterocycles. The van der Waals surface area contributed by atoms with Crippen molar-refractivity contribution >= 4 is 16.9 Å². The molecule has 0 saturated carbocycles. The van der Waals surface area contributed by atoms with Gasteiger partial charge in [0, 0.05) is 32.0 Å². The van der Waals surface area contributed by atoms with Gasteiger partial charge in [0.05, 0.1) is 24.4 Å². The van der Waals surface area contributed by atoms with Crippen LogP contribution in [0.3, 0.4) is 0 Å². The van der Waals surface area contributed by atoms with Crippen LogP contribution in [0.1, 0.15) is 5.69 Å². The number of fused-ring (bicyclic) bond motifs is 1. The van der Waals surface area contributed by atoms with E-state index in [9.17, 15) is 0 Å². The first kappa shape index (κ1) is 15.9. The zero-order chi connectivity index (χ0) is 17.2. The summed E-state index contributed by atoms with van der Waals surface area (Å²) in [5.74, 6) is 1.46. The summed E-state index contributed by atoms with van der Waals surface area (Å²) >= 11 is 0. The first-order valence-corrected chi connectivity index (χ1v) is 8.34. The summed E-state index contributed by atoms with van der Waals surface area (Å²) in [6.07, 6.45) is 5.27. The van der Waals surface area contributed by atoms with Crippen molar-refractivity contribution < 1.29 is 4.74 Å². The molecule has 130 valence electrons. The lowest BCUT2D eigenvalue weighted by atomic mass is 10.2. The molecule has 0 atom stereocenters. The van der Waals surface area contributed by atoms with Crippen LogP contribution in [0.15, 0.2) is 30.9 Å². The molecule has 1 aliphatic rings. The molecule has 1 saturated heterocycles. The van der Waals surface area contributed by atoms with Crippen molar-refractivity contribution in [2.24, 2.45) is 0 Å². The Hall–Kier alpha value is -2.58. The van der Waals surface area contributed by atoms with Crippen molar-refractivity contribution in [3.05, 3.63) is 36.5 Å². The van der Waals surface area contributed by atoms with Crippen LogP contribution in [0.4, 0.5) is 5.82 Å². The number of nitrogens with zero attached hydrogens (tertiary/aromatic N) is 7. The molecule has 4 heterocycles. The lowest BCUT2D eigenvalue weighted by Crippen LogP contribution is -2.37. The van der Waals surface area contributed by atoms with E-state index < -0.39 is 0 Å². The number of hydrogen-bond acceptors (Lipinski definition) is 7. The van der Waals surface area contributed by atoms with Gasteiger partial charge in [0.1, 0.15) is 11.8 Å². The zero-order valence-electron chi connectivity index (χ0n) is 14.5. The molecule has 8 nitrogen and oxygen atoms in total. The van der Waals surface area contributed by atoms with Gasteiger partial charge in [-0.15, -0.1) is 0 Å². The van der Waals surface area contributed by atoms with E-state index in [-0.39, 0.29) is 0 Å². The summed E-state index contributed by atoms with van der Waals surface area (Å²) in [5.41, 5.74) is 2.68. The standard InChI is InChI=1S/C17H21N7O/c1-22(2)11-13-3-4-14-15(19-13)16(23-7-9-25-10-8-23)21-17(20-14)24-6-5-18-12-24/h3-6,12H,7-11H2,1-2H3. The van der Waals surface area contributed by atoms with Crippen LogP contribution >= 0.6 is 0 Å². The molecule has 0 spiro atoms. The van der Waals surface area contributed by atoms with Crippen molar-refractivity contribution in [3.8, 4) is 5.95 Å². The fraction of sp³-hybridized carbons (Fsp3) is 0.412. The highest BCUT2D eigenvalue weighted by Crippen LogP contribution is 2.25. The predicted octanol–water partition coefficient (Wildman–Crippen LogP) is 1.11. The van der Waals surface area contributed by atoms with Gasteiger partial charge in [-0.05, 0) is 26.2 Å². The average molecular weight is 339 g/mol. The molecule has 3 aromatic rings. The molecular formula is C17H21N7O. The lowest BCUT2D eigenvalue weighted by Gasteiger charge is -2.28. The summed E-state index contributed by atoms with van der Waals surface area (Å²) < 4.78 is 7.30. The number of imidazole rings is 1. The van der Waals surface area contributed by atoms with Gasteiger partial charge in [0.25, 0.3) is 0 Å². The van der Waals surface area contributed by atoms with Crippen molar-refractivity contribution in [2.45, 2.75) is 6.54 Å². The molecule has 0 bridgehead atoms. The van der Waals surface area contributed by atoms with Crippen LogP contribution in [0, 0.1) is 0 Å². The van der Waals surface area contributed by atoms with Crippen LogP contribution in [0.2, 0.25) is 0 Å². The number of ether oxygens (including phenoxy) is 1. The predicted molar refractivity (Wildman–Crippen MR) is 94.9 cm³/mol. The van der Waals surface area contributed by atoms with Gasteiger partial charge in [-0.2, -0.15) is 4.98 Å². The fourth-order valence-corrected chi connectivity index (χ4v) is 2.93. The van der Waals surface area contributed by atoms with Crippen LogP contribution in [0.5, 0.6) is 0 Å². The fourth-order valence-electron chi connectivity index (χ4n) is 2.93. The van der Waals surface area contributed by atoms with Crippen LogP contribution in [-0.2, 0) is 11.3 Å². The Morgan fingerprint density at radius 2 is 1.96 bits per heavy atom. The molecule has 0 amide bonds. The highest BCUT2D eigenvalue weighted by atomic mass is 16.5. The Bertz CT molecular complexity index is 857. The maximum absolute atomic E-state index is 5.48. The molecular weight excluding hydrogens is 318 g/mol. The van der Waals surface area contributed by atoms with Crippen LogP contribution in [0.25, 0.3) is 17.0 Å². The topological polar surface area (TPSA) is 72.2 Å². The summed E-state index contributed by atoms with van der Waals surface area (Å²) in [4.78, 5) is 22.7. The molecule has 0 radical (unpaired) electrons. The van der Waals surface area contributed by atoms with Gasteiger partial charge in [0.2, 0.25) is 5.95 Å². The molecule has 0 N–H and O–H groups in total. The van der Waals surface area contributed by atoms with E-state index in [0.29, 0.717) is 19.2 Å². The summed E-state index contributed by atoms with van der Waals surface area (Å²) in [6, 6.07) is 4.04. The third kappa shape index (κ3) is 3.31. The number of anilines is 1. The number of morpholine rings is 1. The van der Waals surface area contributed by atoms with E-state index in [1.807, 2.05) is 37.0 Å². The van der Waals surface area contributed by atoms with Gasteiger partial charge < -0.3 is 14.5 Å². The summed E-state index contributed by atoms with van der Waals surface area (Å²) in [6.45, 7) is 3.78. The van der Waals surface area contributed by atoms with Crippen molar-refractivity contribution in [2.75, 3.05) is 45.3 Å². The molecule has 3 aromatic heterocycles. The first-order chi connectivity index (χ1) is 12.2. The second kappa shape index (κ2) is 6.73.